The topological polar surface area (TPSA) is 70.7 Å². The maximum atomic E-state index is 12.0. The molecule has 1 amide bonds. The summed E-state index contributed by atoms with van der Waals surface area (Å²) in [5.74, 6) is 0.527. The minimum absolute atomic E-state index is 0.164. The molecule has 0 fully saturated rings. The van der Waals surface area contributed by atoms with Gasteiger partial charge in [0.05, 0.1) is 10.8 Å². The second kappa shape index (κ2) is 8.10. The smallest absolute Gasteiger partial charge is 0.234 e. The SMILES string of the molecule is O=C(CSc1n[nH]c(-c2ccc(Cl)cc2Cl)n1)Nc1ccc(Cl)cc1. The molecular weight excluding hydrogens is 403 g/mol. The van der Waals surface area contributed by atoms with Crippen molar-refractivity contribution < 1.29 is 4.79 Å². The maximum Gasteiger partial charge on any atom is 0.234 e. The van der Waals surface area contributed by atoms with Crippen molar-refractivity contribution in [3.8, 4) is 11.4 Å². The molecular formula is C16H11Cl3N4OS. The number of nitrogens with zero attached hydrogens (tertiary/aromatic N) is 2. The number of hydrogen-bond acceptors (Lipinski definition) is 4. The Bertz CT molecular complexity index is 899. The number of carbonyl (C=O) groups is 1. The van der Waals surface area contributed by atoms with Gasteiger partial charge < -0.3 is 5.32 Å². The van der Waals surface area contributed by atoms with E-state index >= 15 is 0 Å². The summed E-state index contributed by atoms with van der Waals surface area (Å²) in [7, 11) is 0. The maximum absolute atomic E-state index is 12.0. The van der Waals surface area contributed by atoms with Gasteiger partial charge in [-0.2, -0.15) is 0 Å². The zero-order chi connectivity index (χ0) is 17.8. The van der Waals surface area contributed by atoms with Crippen LogP contribution in [0.5, 0.6) is 0 Å². The summed E-state index contributed by atoms with van der Waals surface area (Å²) in [6, 6.07) is 12.0. The highest BCUT2D eigenvalue weighted by atomic mass is 35.5. The average Bonchev–Trinajstić information content (AvgIpc) is 3.04. The highest BCUT2D eigenvalue weighted by Crippen LogP contribution is 2.29. The number of hydrogen-bond donors (Lipinski definition) is 2. The summed E-state index contributed by atoms with van der Waals surface area (Å²) >= 11 is 19.1. The van der Waals surface area contributed by atoms with E-state index in [2.05, 4.69) is 20.5 Å². The number of nitrogens with one attached hydrogen (secondary N) is 2. The van der Waals surface area contributed by atoms with Gasteiger partial charge in [0.2, 0.25) is 11.1 Å². The van der Waals surface area contributed by atoms with Gasteiger partial charge in [0, 0.05) is 21.3 Å². The third kappa shape index (κ3) is 4.89. The third-order valence-electron chi connectivity index (χ3n) is 3.11. The first-order valence-electron chi connectivity index (χ1n) is 7.07. The second-order valence-electron chi connectivity index (χ2n) is 4.93. The molecule has 2 N–H and O–H groups in total. The van der Waals surface area contributed by atoms with Gasteiger partial charge in [0.15, 0.2) is 5.82 Å². The zero-order valence-electron chi connectivity index (χ0n) is 12.6. The van der Waals surface area contributed by atoms with Crippen molar-refractivity contribution in [3.63, 3.8) is 0 Å². The minimum atomic E-state index is -0.164. The Morgan fingerprint density at radius 3 is 2.52 bits per heavy atom. The van der Waals surface area contributed by atoms with Gasteiger partial charge >= 0.3 is 0 Å². The molecule has 128 valence electrons. The van der Waals surface area contributed by atoms with E-state index < -0.39 is 0 Å². The van der Waals surface area contributed by atoms with Crippen LogP contribution in [-0.4, -0.2) is 26.8 Å². The lowest BCUT2D eigenvalue weighted by molar-refractivity contribution is -0.113. The van der Waals surface area contributed by atoms with E-state index in [0.717, 1.165) is 0 Å². The Labute approximate surface area is 163 Å². The number of halogens is 3. The summed E-state index contributed by atoms with van der Waals surface area (Å²) in [5.41, 5.74) is 1.37. The van der Waals surface area contributed by atoms with E-state index in [9.17, 15) is 4.79 Å². The first-order chi connectivity index (χ1) is 12.0. The minimum Gasteiger partial charge on any atom is -0.325 e. The molecule has 3 rings (SSSR count). The largest absolute Gasteiger partial charge is 0.325 e. The molecule has 3 aromatic rings. The average molecular weight is 414 g/mol. The van der Waals surface area contributed by atoms with Crippen LogP contribution in [-0.2, 0) is 4.79 Å². The number of rotatable bonds is 5. The highest BCUT2D eigenvalue weighted by molar-refractivity contribution is 7.99. The van der Waals surface area contributed by atoms with Crippen molar-refractivity contribution in [1.82, 2.24) is 15.2 Å². The predicted molar refractivity (Wildman–Crippen MR) is 103 cm³/mol. The van der Waals surface area contributed by atoms with Gasteiger partial charge in [0.25, 0.3) is 0 Å². The van der Waals surface area contributed by atoms with Crippen molar-refractivity contribution in [2.24, 2.45) is 0 Å². The normalized spacial score (nSPS) is 10.7. The van der Waals surface area contributed by atoms with Gasteiger partial charge in [-0.1, -0.05) is 46.6 Å². The van der Waals surface area contributed by atoms with Crippen molar-refractivity contribution >= 4 is 58.2 Å². The Morgan fingerprint density at radius 1 is 1.08 bits per heavy atom. The Kier molecular flexibility index (Phi) is 5.86. The van der Waals surface area contributed by atoms with Crippen LogP contribution >= 0.6 is 46.6 Å². The van der Waals surface area contributed by atoms with E-state index in [0.29, 0.717) is 37.3 Å². The van der Waals surface area contributed by atoms with Crippen LogP contribution in [0.3, 0.4) is 0 Å². The molecule has 5 nitrogen and oxygen atoms in total. The number of amides is 1. The number of aromatic amines is 1. The standard InChI is InChI=1S/C16H11Cl3N4OS/c17-9-1-4-11(5-2-9)20-14(24)8-25-16-21-15(22-23-16)12-6-3-10(18)7-13(12)19/h1-7H,8H2,(H,20,24)(H,21,22,23). The highest BCUT2D eigenvalue weighted by Gasteiger charge is 2.12. The molecule has 0 saturated heterocycles. The molecule has 1 aromatic heterocycles. The number of thioether (sulfide) groups is 1. The molecule has 25 heavy (non-hydrogen) atoms. The first-order valence-corrected chi connectivity index (χ1v) is 9.19. The van der Waals surface area contributed by atoms with Crippen molar-refractivity contribution in [3.05, 3.63) is 57.5 Å². The van der Waals surface area contributed by atoms with Gasteiger partial charge in [-0.3, -0.25) is 9.89 Å². The fourth-order valence-electron chi connectivity index (χ4n) is 1.97. The molecule has 0 bridgehead atoms. The Morgan fingerprint density at radius 2 is 1.80 bits per heavy atom. The molecule has 0 aliphatic carbocycles. The van der Waals surface area contributed by atoms with Crippen molar-refractivity contribution in [1.29, 1.82) is 0 Å². The summed E-state index contributed by atoms with van der Waals surface area (Å²) in [4.78, 5) is 16.3. The molecule has 0 saturated carbocycles. The van der Waals surface area contributed by atoms with Crippen LogP contribution in [0.2, 0.25) is 15.1 Å². The number of anilines is 1. The molecule has 1 heterocycles. The molecule has 0 atom stereocenters. The number of H-pyrrole nitrogens is 1. The fraction of sp³-hybridized carbons (Fsp3) is 0.0625. The lowest BCUT2D eigenvalue weighted by Crippen LogP contribution is -2.13. The number of aromatic nitrogens is 3. The third-order valence-corrected chi connectivity index (χ3v) is 4.76. The summed E-state index contributed by atoms with van der Waals surface area (Å²) in [6.07, 6.45) is 0. The van der Waals surface area contributed by atoms with Crippen molar-refractivity contribution in [2.45, 2.75) is 5.16 Å². The molecule has 2 aromatic carbocycles. The van der Waals surface area contributed by atoms with Gasteiger partial charge in [0.1, 0.15) is 0 Å². The van der Waals surface area contributed by atoms with Crippen LogP contribution in [0.4, 0.5) is 5.69 Å². The fourth-order valence-corrected chi connectivity index (χ4v) is 3.20. The van der Waals surface area contributed by atoms with Gasteiger partial charge in [-0.05, 0) is 42.5 Å². The zero-order valence-corrected chi connectivity index (χ0v) is 15.7. The van der Waals surface area contributed by atoms with Gasteiger partial charge in [-0.15, -0.1) is 5.10 Å². The van der Waals surface area contributed by atoms with E-state index in [1.807, 2.05) is 0 Å². The van der Waals surface area contributed by atoms with Crippen LogP contribution in [0.25, 0.3) is 11.4 Å². The number of benzene rings is 2. The molecule has 0 unspecified atom stereocenters. The molecule has 0 spiro atoms. The number of carbonyl (C=O) groups excluding carboxylic acids is 1. The van der Waals surface area contributed by atoms with Crippen molar-refractivity contribution in [2.75, 3.05) is 11.1 Å². The lowest BCUT2D eigenvalue weighted by atomic mass is 10.2. The van der Waals surface area contributed by atoms with Crippen LogP contribution in [0.15, 0.2) is 47.6 Å². The van der Waals surface area contributed by atoms with Crippen LogP contribution < -0.4 is 5.32 Å². The van der Waals surface area contributed by atoms with E-state index in [4.69, 9.17) is 34.8 Å². The summed E-state index contributed by atoms with van der Waals surface area (Å²) in [5, 5.41) is 11.7. The van der Waals surface area contributed by atoms with Crippen LogP contribution in [0.1, 0.15) is 0 Å². The first kappa shape index (κ1) is 18.1. The lowest BCUT2D eigenvalue weighted by Gasteiger charge is -2.03. The van der Waals surface area contributed by atoms with E-state index in [1.165, 1.54) is 11.8 Å². The molecule has 0 aliphatic rings. The monoisotopic (exact) mass is 412 g/mol. The predicted octanol–water partition coefficient (Wildman–Crippen LogP) is 5.16. The molecule has 0 radical (unpaired) electrons. The molecule has 0 aliphatic heterocycles. The summed E-state index contributed by atoms with van der Waals surface area (Å²) < 4.78 is 0. The molecule has 9 heteroatoms. The van der Waals surface area contributed by atoms with Crippen LogP contribution in [0, 0.1) is 0 Å². The summed E-state index contributed by atoms with van der Waals surface area (Å²) in [6.45, 7) is 0. The second-order valence-corrected chi connectivity index (χ2v) is 7.16. The van der Waals surface area contributed by atoms with E-state index in [1.54, 1.807) is 42.5 Å². The quantitative estimate of drug-likeness (QED) is 0.567. The Balaban J connectivity index is 1.59. The van der Waals surface area contributed by atoms with Gasteiger partial charge in [-0.25, -0.2) is 4.98 Å². The Hall–Kier alpha value is -1.73. The van der Waals surface area contributed by atoms with E-state index in [-0.39, 0.29) is 11.7 Å².